The van der Waals surface area contributed by atoms with Crippen molar-refractivity contribution in [2.24, 2.45) is 5.92 Å². The molecule has 2 N–H and O–H groups in total. The molecular weight excluding hydrogens is 266 g/mol. The summed E-state index contributed by atoms with van der Waals surface area (Å²) in [5, 5.41) is 12.8. The van der Waals surface area contributed by atoms with Crippen molar-refractivity contribution >= 4 is 0 Å². The lowest BCUT2D eigenvalue weighted by Crippen LogP contribution is -2.36. The molecule has 0 bridgehead atoms. The topological polar surface area (TPSA) is 50.7 Å². The van der Waals surface area contributed by atoms with Crippen LogP contribution in [0.1, 0.15) is 38.8 Å². The Morgan fingerprint density at radius 2 is 2.19 bits per heavy atom. The molecule has 0 aliphatic carbocycles. The van der Waals surface area contributed by atoms with Crippen LogP contribution in [0.25, 0.3) is 0 Å². The van der Waals surface area contributed by atoms with Crippen molar-refractivity contribution in [3.05, 3.63) is 23.3 Å². The van der Waals surface area contributed by atoms with Gasteiger partial charge in [-0.25, -0.2) is 0 Å². The molecule has 0 saturated carbocycles. The number of rotatable bonds is 7. The first-order valence-electron chi connectivity index (χ1n) is 7.84. The van der Waals surface area contributed by atoms with E-state index in [1.54, 1.807) is 0 Å². The Hall–Kier alpha value is -1.26. The summed E-state index contributed by atoms with van der Waals surface area (Å²) in [6.07, 6.45) is 1.17. The van der Waals surface area contributed by atoms with E-state index in [1.165, 1.54) is 5.56 Å². The van der Waals surface area contributed by atoms with Gasteiger partial charge in [0.2, 0.25) is 0 Å². The Labute approximate surface area is 127 Å². The van der Waals surface area contributed by atoms with Crippen LogP contribution in [-0.2, 0) is 13.0 Å². The molecule has 1 aromatic carbocycles. The molecule has 0 spiro atoms. The molecule has 1 aliphatic heterocycles. The zero-order valence-corrected chi connectivity index (χ0v) is 13.5. The van der Waals surface area contributed by atoms with Gasteiger partial charge < -0.3 is 19.9 Å². The third-order valence-corrected chi connectivity index (χ3v) is 3.94. The highest BCUT2D eigenvalue weighted by Gasteiger charge is 2.22. The molecule has 1 aliphatic rings. The molecule has 1 unspecified atom stereocenters. The minimum Gasteiger partial charge on any atom is -0.494 e. The zero-order valence-electron chi connectivity index (χ0n) is 13.5. The molecule has 0 radical (unpaired) electrons. The first-order valence-corrected chi connectivity index (χ1v) is 7.84. The monoisotopic (exact) mass is 293 g/mol. The summed E-state index contributed by atoms with van der Waals surface area (Å²) in [7, 11) is 0. The Morgan fingerprint density at radius 1 is 1.43 bits per heavy atom. The Morgan fingerprint density at radius 3 is 2.81 bits per heavy atom. The highest BCUT2D eigenvalue weighted by Crippen LogP contribution is 2.35. The number of aliphatic hydroxyl groups excluding tert-OH is 1. The van der Waals surface area contributed by atoms with E-state index in [1.807, 2.05) is 6.92 Å². The number of hydrogen-bond donors (Lipinski definition) is 2. The summed E-state index contributed by atoms with van der Waals surface area (Å²) < 4.78 is 11.6. The van der Waals surface area contributed by atoms with Gasteiger partial charge in [-0.05, 0) is 31.9 Å². The van der Waals surface area contributed by atoms with Crippen molar-refractivity contribution in [2.75, 3.05) is 13.2 Å². The summed E-state index contributed by atoms with van der Waals surface area (Å²) in [5.41, 5.74) is 2.31. The Balaban J connectivity index is 2.15. The third-order valence-electron chi connectivity index (χ3n) is 3.94. The van der Waals surface area contributed by atoms with E-state index in [9.17, 15) is 5.11 Å². The van der Waals surface area contributed by atoms with Gasteiger partial charge >= 0.3 is 0 Å². The first kappa shape index (κ1) is 16.1. The molecule has 118 valence electrons. The summed E-state index contributed by atoms with van der Waals surface area (Å²) in [5.74, 6) is 2.27. The van der Waals surface area contributed by atoms with Crippen LogP contribution in [0, 0.1) is 5.92 Å². The van der Waals surface area contributed by atoms with Crippen LogP contribution in [0.2, 0.25) is 0 Å². The molecule has 0 saturated heterocycles. The number of benzene rings is 1. The minimum absolute atomic E-state index is 0.0903. The van der Waals surface area contributed by atoms with Crippen LogP contribution in [0.15, 0.2) is 12.1 Å². The highest BCUT2D eigenvalue weighted by molar-refractivity contribution is 5.48. The fourth-order valence-corrected chi connectivity index (χ4v) is 2.66. The van der Waals surface area contributed by atoms with Crippen molar-refractivity contribution in [2.45, 2.75) is 52.8 Å². The second-order valence-corrected chi connectivity index (χ2v) is 6.05. The van der Waals surface area contributed by atoms with E-state index < -0.39 is 0 Å². The summed E-state index contributed by atoms with van der Waals surface area (Å²) in [4.78, 5) is 0. The molecule has 21 heavy (non-hydrogen) atoms. The maximum absolute atomic E-state index is 9.42. The molecular formula is C17H27NO3. The fourth-order valence-electron chi connectivity index (χ4n) is 2.66. The van der Waals surface area contributed by atoms with Crippen molar-refractivity contribution < 1.29 is 14.6 Å². The van der Waals surface area contributed by atoms with Crippen LogP contribution in [-0.4, -0.2) is 30.5 Å². The molecule has 4 nitrogen and oxygen atoms in total. The van der Waals surface area contributed by atoms with Crippen molar-refractivity contribution in [1.29, 1.82) is 0 Å². The second-order valence-electron chi connectivity index (χ2n) is 6.05. The van der Waals surface area contributed by atoms with Crippen LogP contribution in [0.5, 0.6) is 11.5 Å². The Bertz CT molecular complexity index is 473. The number of nitrogens with one attached hydrogen (secondary N) is 1. The molecule has 1 aromatic rings. The maximum atomic E-state index is 9.42. The van der Waals surface area contributed by atoms with Crippen LogP contribution in [0.4, 0.5) is 0 Å². The fraction of sp³-hybridized carbons (Fsp3) is 0.647. The van der Waals surface area contributed by atoms with E-state index in [0.717, 1.165) is 23.5 Å². The number of aliphatic hydroxyl groups is 1. The number of ether oxygens (including phenoxy) is 2. The average Bonchev–Trinajstić information content (AvgIpc) is 2.78. The van der Waals surface area contributed by atoms with Gasteiger partial charge in [-0.2, -0.15) is 0 Å². The lowest BCUT2D eigenvalue weighted by atomic mass is 10.0. The third kappa shape index (κ3) is 3.89. The van der Waals surface area contributed by atoms with E-state index in [4.69, 9.17) is 9.47 Å². The molecule has 0 fully saturated rings. The van der Waals surface area contributed by atoms with E-state index in [0.29, 0.717) is 19.1 Å². The molecule has 2 rings (SSSR count). The zero-order chi connectivity index (χ0) is 15.4. The van der Waals surface area contributed by atoms with E-state index >= 15 is 0 Å². The molecule has 2 atom stereocenters. The van der Waals surface area contributed by atoms with Crippen molar-refractivity contribution in [3.63, 3.8) is 0 Å². The summed E-state index contributed by atoms with van der Waals surface area (Å²) in [6.45, 7) is 9.74. The lowest BCUT2D eigenvalue weighted by Gasteiger charge is -2.21. The van der Waals surface area contributed by atoms with Gasteiger partial charge in [0.25, 0.3) is 0 Å². The SMILES string of the molecule is CCOc1cc2c(cc1CN[C@H](CO)C(C)C)OC(C)C2. The van der Waals surface area contributed by atoms with E-state index in [-0.39, 0.29) is 18.8 Å². The normalized spacial score (nSPS) is 18.5. The quantitative estimate of drug-likeness (QED) is 0.811. The maximum Gasteiger partial charge on any atom is 0.124 e. The number of fused-ring (bicyclic) bond motifs is 1. The van der Waals surface area contributed by atoms with Gasteiger partial charge in [0.15, 0.2) is 0 Å². The largest absolute Gasteiger partial charge is 0.494 e. The molecule has 4 heteroatoms. The van der Waals surface area contributed by atoms with Gasteiger partial charge in [-0.15, -0.1) is 0 Å². The predicted octanol–water partition coefficient (Wildman–Crippen LogP) is 2.52. The van der Waals surface area contributed by atoms with Crippen LogP contribution in [0.3, 0.4) is 0 Å². The number of hydrogen-bond acceptors (Lipinski definition) is 4. The second kappa shape index (κ2) is 7.14. The van der Waals surface area contributed by atoms with Gasteiger partial charge in [-0.1, -0.05) is 13.8 Å². The van der Waals surface area contributed by atoms with Crippen molar-refractivity contribution in [1.82, 2.24) is 5.32 Å². The summed E-state index contributed by atoms with van der Waals surface area (Å²) >= 11 is 0. The van der Waals surface area contributed by atoms with Crippen LogP contribution >= 0.6 is 0 Å². The lowest BCUT2D eigenvalue weighted by molar-refractivity contribution is 0.209. The molecule has 0 amide bonds. The van der Waals surface area contributed by atoms with Gasteiger partial charge in [0.1, 0.15) is 17.6 Å². The summed E-state index contributed by atoms with van der Waals surface area (Å²) in [6, 6.07) is 4.27. The molecule has 0 aromatic heterocycles. The highest BCUT2D eigenvalue weighted by atomic mass is 16.5. The molecule has 1 heterocycles. The van der Waals surface area contributed by atoms with Crippen molar-refractivity contribution in [3.8, 4) is 11.5 Å². The predicted molar refractivity (Wildman–Crippen MR) is 84.0 cm³/mol. The smallest absolute Gasteiger partial charge is 0.124 e. The Kier molecular flexibility index (Phi) is 5.48. The van der Waals surface area contributed by atoms with Gasteiger partial charge in [0.05, 0.1) is 13.2 Å². The van der Waals surface area contributed by atoms with E-state index in [2.05, 4.69) is 38.2 Å². The minimum atomic E-state index is 0.0903. The van der Waals surface area contributed by atoms with Gasteiger partial charge in [-0.3, -0.25) is 0 Å². The van der Waals surface area contributed by atoms with Gasteiger partial charge in [0, 0.05) is 30.1 Å². The average molecular weight is 293 g/mol. The standard InChI is InChI=1S/C17H27NO3/c1-5-20-16-7-13-6-12(4)21-17(13)8-14(16)9-18-15(10-19)11(2)3/h7-8,11-12,15,18-19H,5-6,9-10H2,1-4H3/t12?,15-/m1/s1. The van der Waals surface area contributed by atoms with Crippen LogP contribution < -0.4 is 14.8 Å². The first-order chi connectivity index (χ1) is 10.0.